The maximum atomic E-state index is 13.1. The number of carbonyl (C=O) groups is 2. The smallest absolute Gasteiger partial charge is 0.336 e. The van der Waals surface area contributed by atoms with Crippen molar-refractivity contribution < 1.29 is 19.8 Å². The average Bonchev–Trinajstić information content (AvgIpc) is 3.35. The maximum absolute atomic E-state index is 13.1. The molecule has 0 saturated carbocycles. The normalized spacial score (nSPS) is 10.7. The molecule has 2 aromatic carbocycles. The van der Waals surface area contributed by atoms with Crippen LogP contribution in [-0.2, 0) is 22.7 Å². The Kier molecular flexibility index (Phi) is 7.90. The summed E-state index contributed by atoms with van der Waals surface area (Å²) in [4.78, 5) is 49.1. The molecule has 2 heterocycles. The summed E-state index contributed by atoms with van der Waals surface area (Å²) in [6, 6.07) is 16.3. The molecule has 34 heavy (non-hydrogen) atoms. The third kappa shape index (κ3) is 5.94. The van der Waals surface area contributed by atoms with E-state index in [0.717, 1.165) is 13.0 Å². The number of imidazole rings is 1. The van der Waals surface area contributed by atoms with Gasteiger partial charge in [0, 0.05) is 37.6 Å². The molecule has 174 valence electrons. The lowest BCUT2D eigenvalue weighted by Crippen LogP contribution is -2.39. The van der Waals surface area contributed by atoms with E-state index in [0.29, 0.717) is 35.3 Å². The quantitative estimate of drug-likeness (QED) is 0.402. The molecule has 0 amide bonds. The minimum atomic E-state index is -1.26. The van der Waals surface area contributed by atoms with Crippen LogP contribution in [0.3, 0.4) is 0 Å². The molecule has 4 rings (SSSR count). The van der Waals surface area contributed by atoms with Crippen LogP contribution >= 0.6 is 0 Å². The zero-order valence-corrected chi connectivity index (χ0v) is 18.0. The number of aliphatic carboxylic acids is 2. The molecule has 2 aromatic heterocycles. The average molecular weight is 462 g/mol. The first-order valence-electron chi connectivity index (χ1n) is 10.3. The minimum absolute atomic E-state index is 0.289. The second-order valence-electron chi connectivity index (χ2n) is 7.09. The summed E-state index contributed by atoms with van der Waals surface area (Å²) in [5, 5.41) is 16.2. The summed E-state index contributed by atoms with van der Waals surface area (Å²) < 4.78 is 4.90. The molecule has 0 radical (unpaired) electrons. The zero-order valence-electron chi connectivity index (χ0n) is 18.0. The molecule has 0 aliphatic rings. The third-order valence-electron chi connectivity index (χ3n) is 4.79. The number of aromatic nitrogens is 4. The molecule has 0 fully saturated rings. The van der Waals surface area contributed by atoms with Gasteiger partial charge in [-0.1, -0.05) is 30.3 Å². The molecular weight excluding hydrogens is 440 g/mol. The summed E-state index contributed by atoms with van der Waals surface area (Å²) >= 11 is 0. The van der Waals surface area contributed by atoms with Crippen molar-refractivity contribution in [2.24, 2.45) is 0 Å². The van der Waals surface area contributed by atoms with Gasteiger partial charge in [-0.05, 0) is 30.7 Å². The minimum Gasteiger partial charge on any atom is -0.478 e. The van der Waals surface area contributed by atoms with Crippen molar-refractivity contribution >= 4 is 22.8 Å². The lowest BCUT2D eigenvalue weighted by Gasteiger charge is -2.14. The van der Waals surface area contributed by atoms with Crippen molar-refractivity contribution in [1.29, 1.82) is 0 Å². The molecule has 0 aliphatic heterocycles. The Morgan fingerprint density at radius 3 is 2.15 bits per heavy atom. The first-order valence-corrected chi connectivity index (χ1v) is 10.3. The van der Waals surface area contributed by atoms with E-state index in [2.05, 4.69) is 4.98 Å². The number of carboxylic acids is 2. The van der Waals surface area contributed by atoms with Crippen LogP contribution in [0.25, 0.3) is 16.6 Å². The Morgan fingerprint density at radius 2 is 1.53 bits per heavy atom. The van der Waals surface area contributed by atoms with Crippen molar-refractivity contribution in [3.8, 4) is 5.69 Å². The molecular formula is C24H22N4O6. The van der Waals surface area contributed by atoms with Crippen molar-refractivity contribution in [3.63, 3.8) is 0 Å². The first-order chi connectivity index (χ1) is 16.4. The van der Waals surface area contributed by atoms with Crippen LogP contribution in [0.15, 0.2) is 95.1 Å². The van der Waals surface area contributed by atoms with E-state index in [9.17, 15) is 19.2 Å². The number of carboxylic acid groups (broad SMARTS) is 2. The number of nitrogens with zero attached hydrogens (tertiary/aromatic N) is 4. The van der Waals surface area contributed by atoms with Gasteiger partial charge >= 0.3 is 17.6 Å². The lowest BCUT2D eigenvalue weighted by molar-refractivity contribution is -0.134. The second kappa shape index (κ2) is 11.2. The molecule has 0 saturated heterocycles. The van der Waals surface area contributed by atoms with Crippen LogP contribution in [0.2, 0.25) is 0 Å². The number of aryl methyl sites for hydroxylation is 2. The zero-order chi connectivity index (χ0) is 24.5. The van der Waals surface area contributed by atoms with E-state index in [1.165, 1.54) is 4.57 Å². The number of hydrogen-bond donors (Lipinski definition) is 2. The van der Waals surface area contributed by atoms with Crippen molar-refractivity contribution in [2.45, 2.75) is 19.5 Å². The molecule has 0 unspecified atom stereocenters. The maximum Gasteiger partial charge on any atom is 0.336 e. The second-order valence-corrected chi connectivity index (χ2v) is 7.09. The third-order valence-corrected chi connectivity index (χ3v) is 4.79. The van der Waals surface area contributed by atoms with Crippen LogP contribution in [0.4, 0.5) is 0 Å². The van der Waals surface area contributed by atoms with Gasteiger partial charge in [-0.3, -0.25) is 9.36 Å². The fourth-order valence-electron chi connectivity index (χ4n) is 3.31. The van der Waals surface area contributed by atoms with E-state index >= 15 is 0 Å². The van der Waals surface area contributed by atoms with Crippen LogP contribution in [0.5, 0.6) is 0 Å². The van der Waals surface area contributed by atoms with E-state index in [1.54, 1.807) is 35.3 Å². The van der Waals surface area contributed by atoms with Gasteiger partial charge in [0.25, 0.3) is 5.56 Å². The summed E-state index contributed by atoms with van der Waals surface area (Å²) in [5.74, 6) is -2.51. The van der Waals surface area contributed by atoms with E-state index in [1.807, 2.05) is 47.2 Å². The number of benzene rings is 2. The van der Waals surface area contributed by atoms with Gasteiger partial charge in [-0.15, -0.1) is 0 Å². The van der Waals surface area contributed by atoms with E-state index < -0.39 is 11.9 Å². The molecule has 10 nitrogen and oxygen atoms in total. The Bertz CT molecular complexity index is 1400. The largest absolute Gasteiger partial charge is 0.478 e. The van der Waals surface area contributed by atoms with Gasteiger partial charge in [0.15, 0.2) is 0 Å². The number of hydrogen-bond acceptors (Lipinski definition) is 5. The standard InChI is InChI=1S/C20H18N4O2.C4H4O4/c25-19-17-9-4-5-10-18(17)23(13-6-12-22-14-11-21-15-22)20(26)24(19)16-7-2-1-3-8-16;5-3(6)1-2-4(7)8/h1-5,7-11,14-15H,6,12-13H2;1-2H,(H,5,6)(H,7,8)/b;2-1+. The Balaban J connectivity index is 0.000000350. The monoisotopic (exact) mass is 462 g/mol. The van der Waals surface area contributed by atoms with Crippen molar-refractivity contribution in [1.82, 2.24) is 18.7 Å². The topological polar surface area (TPSA) is 136 Å². The highest BCUT2D eigenvalue weighted by Gasteiger charge is 2.13. The number of fused-ring (bicyclic) bond motifs is 1. The highest BCUT2D eigenvalue weighted by atomic mass is 16.4. The molecule has 4 aromatic rings. The van der Waals surface area contributed by atoms with Crippen molar-refractivity contribution in [2.75, 3.05) is 0 Å². The van der Waals surface area contributed by atoms with E-state index in [-0.39, 0.29) is 11.2 Å². The van der Waals surface area contributed by atoms with Gasteiger partial charge in [-0.2, -0.15) is 0 Å². The SMILES string of the molecule is O=C(O)/C=C/C(=O)O.O=c1c2ccccc2n(CCCn2ccnc2)c(=O)n1-c1ccccc1. The van der Waals surface area contributed by atoms with Crippen molar-refractivity contribution in [3.05, 3.63) is 106 Å². The van der Waals surface area contributed by atoms with Crippen LogP contribution in [0, 0.1) is 0 Å². The first kappa shape index (κ1) is 23.9. The highest BCUT2D eigenvalue weighted by Crippen LogP contribution is 2.10. The summed E-state index contributed by atoms with van der Waals surface area (Å²) in [6.07, 6.45) is 7.26. The van der Waals surface area contributed by atoms with Crippen LogP contribution in [0.1, 0.15) is 6.42 Å². The van der Waals surface area contributed by atoms with Gasteiger partial charge < -0.3 is 14.8 Å². The fourth-order valence-corrected chi connectivity index (χ4v) is 3.31. The van der Waals surface area contributed by atoms with Gasteiger partial charge in [-0.25, -0.2) is 23.9 Å². The Labute approximate surface area is 193 Å². The van der Waals surface area contributed by atoms with Crippen LogP contribution in [-0.4, -0.2) is 40.8 Å². The van der Waals surface area contributed by atoms with Crippen LogP contribution < -0.4 is 11.2 Å². The molecule has 0 atom stereocenters. The molecule has 2 N–H and O–H groups in total. The predicted molar refractivity (Wildman–Crippen MR) is 125 cm³/mol. The van der Waals surface area contributed by atoms with E-state index in [4.69, 9.17) is 10.2 Å². The molecule has 10 heteroatoms. The van der Waals surface area contributed by atoms with Gasteiger partial charge in [0.2, 0.25) is 0 Å². The Hall–Kier alpha value is -4.73. The number of para-hydroxylation sites is 2. The van der Waals surface area contributed by atoms with Gasteiger partial charge in [0.05, 0.1) is 22.9 Å². The highest BCUT2D eigenvalue weighted by molar-refractivity contribution is 5.89. The predicted octanol–water partition coefficient (Wildman–Crippen LogP) is 2.15. The molecule has 0 bridgehead atoms. The molecule has 0 spiro atoms. The molecule has 0 aliphatic carbocycles. The fraction of sp³-hybridized carbons (Fsp3) is 0.125. The lowest BCUT2D eigenvalue weighted by atomic mass is 10.2. The summed E-state index contributed by atoms with van der Waals surface area (Å²) in [5.41, 5.74) is 0.644. The summed E-state index contributed by atoms with van der Waals surface area (Å²) in [7, 11) is 0. The Morgan fingerprint density at radius 1 is 0.882 bits per heavy atom. The number of rotatable bonds is 7. The summed E-state index contributed by atoms with van der Waals surface area (Å²) in [6.45, 7) is 1.27. The van der Waals surface area contributed by atoms with Gasteiger partial charge in [0.1, 0.15) is 0 Å².